The van der Waals surface area contributed by atoms with E-state index in [0.29, 0.717) is 6.54 Å². The highest BCUT2D eigenvalue weighted by Gasteiger charge is 2.29. The molecular weight excluding hydrogens is 360 g/mol. The average molecular weight is 407 g/mol. The second kappa shape index (κ2) is 20.0. The maximum Gasteiger partial charge on any atom is 0.111 e. The van der Waals surface area contributed by atoms with Crippen molar-refractivity contribution in [3.8, 4) is 0 Å². The number of rotatable bonds is 21. The summed E-state index contributed by atoms with van der Waals surface area (Å²) in [5, 5.41) is 53.4. The first-order valence-electron chi connectivity index (χ1n) is 11.3. The standard InChI is InChI=1S/C21H46N2O5/c1-2-3-4-5-6-7-8-9-10-11-13-22-14-12-15-23-16-18(25)20(27)21(28)19(26)17-24/h18-28H,2-17H2,1H3/t18-,19+,20+,21+/m0/s1. The number of hydrogen-bond donors (Lipinski definition) is 7. The van der Waals surface area contributed by atoms with Gasteiger partial charge >= 0.3 is 0 Å². The molecule has 0 unspecified atom stereocenters. The molecule has 0 aliphatic heterocycles. The summed E-state index contributed by atoms with van der Waals surface area (Å²) in [6, 6.07) is 0. The SMILES string of the molecule is CCCCCCCCCCCCNCCCNC[C@H](O)[C@@H](O)[C@H](O)[C@H](O)CO. The van der Waals surface area contributed by atoms with Crippen LogP contribution in [0, 0.1) is 0 Å². The second-order valence-electron chi connectivity index (χ2n) is 7.79. The van der Waals surface area contributed by atoms with Gasteiger partial charge in [-0.15, -0.1) is 0 Å². The average Bonchev–Trinajstić information content (AvgIpc) is 2.71. The molecule has 0 spiro atoms. The van der Waals surface area contributed by atoms with E-state index in [4.69, 9.17) is 5.11 Å². The van der Waals surface area contributed by atoms with Crippen molar-refractivity contribution >= 4 is 0 Å². The molecule has 0 bridgehead atoms. The van der Waals surface area contributed by atoms with Crippen molar-refractivity contribution in [3.05, 3.63) is 0 Å². The number of nitrogens with one attached hydrogen (secondary N) is 2. The fraction of sp³-hybridized carbons (Fsp3) is 1.00. The summed E-state index contributed by atoms with van der Waals surface area (Å²) >= 11 is 0. The summed E-state index contributed by atoms with van der Waals surface area (Å²) in [6.07, 6.45) is 8.60. The lowest BCUT2D eigenvalue weighted by molar-refractivity contribution is -0.113. The molecule has 0 amide bonds. The van der Waals surface area contributed by atoms with Gasteiger partial charge in [0.1, 0.15) is 18.3 Å². The molecule has 7 heteroatoms. The Balaban J connectivity index is 3.33. The summed E-state index contributed by atoms with van der Waals surface area (Å²) in [6.45, 7) is 4.32. The number of hydrogen-bond acceptors (Lipinski definition) is 7. The van der Waals surface area contributed by atoms with Crippen molar-refractivity contribution in [1.82, 2.24) is 10.6 Å². The van der Waals surface area contributed by atoms with Gasteiger partial charge in [-0.1, -0.05) is 64.7 Å². The molecular formula is C21H46N2O5. The first-order valence-corrected chi connectivity index (χ1v) is 11.3. The fourth-order valence-electron chi connectivity index (χ4n) is 3.13. The van der Waals surface area contributed by atoms with E-state index in [1.807, 2.05) is 0 Å². The molecule has 28 heavy (non-hydrogen) atoms. The minimum absolute atomic E-state index is 0.120. The van der Waals surface area contributed by atoms with Gasteiger partial charge < -0.3 is 36.2 Å². The van der Waals surface area contributed by atoms with Crippen LogP contribution in [0.2, 0.25) is 0 Å². The summed E-state index contributed by atoms with van der Waals surface area (Å²) in [4.78, 5) is 0. The Kier molecular flexibility index (Phi) is 19.8. The molecule has 0 saturated carbocycles. The molecule has 0 heterocycles. The highest BCUT2D eigenvalue weighted by molar-refractivity contribution is 4.81. The zero-order chi connectivity index (χ0) is 21.0. The highest BCUT2D eigenvalue weighted by atomic mass is 16.4. The van der Waals surface area contributed by atoms with Crippen LogP contribution in [-0.2, 0) is 0 Å². The van der Waals surface area contributed by atoms with Gasteiger partial charge in [-0.3, -0.25) is 0 Å². The van der Waals surface area contributed by atoms with Crippen molar-refractivity contribution in [2.45, 2.75) is 102 Å². The Bertz CT molecular complexity index is 323. The van der Waals surface area contributed by atoms with Crippen LogP contribution in [0.25, 0.3) is 0 Å². The first-order chi connectivity index (χ1) is 13.5. The monoisotopic (exact) mass is 406 g/mol. The third-order valence-electron chi connectivity index (χ3n) is 5.09. The van der Waals surface area contributed by atoms with Gasteiger partial charge in [0.2, 0.25) is 0 Å². The Morgan fingerprint density at radius 1 is 0.571 bits per heavy atom. The summed E-state index contributed by atoms with van der Waals surface area (Å²) in [7, 11) is 0. The number of aliphatic hydroxyl groups excluding tert-OH is 5. The van der Waals surface area contributed by atoms with Crippen LogP contribution in [-0.4, -0.2) is 82.7 Å². The Morgan fingerprint density at radius 3 is 1.61 bits per heavy atom. The van der Waals surface area contributed by atoms with E-state index in [9.17, 15) is 20.4 Å². The van der Waals surface area contributed by atoms with E-state index < -0.39 is 31.0 Å². The minimum Gasteiger partial charge on any atom is -0.394 e. The van der Waals surface area contributed by atoms with Gasteiger partial charge in [-0.2, -0.15) is 0 Å². The first kappa shape index (κ1) is 27.7. The van der Waals surface area contributed by atoms with Crippen LogP contribution in [0.1, 0.15) is 77.6 Å². The van der Waals surface area contributed by atoms with E-state index in [-0.39, 0.29) is 6.54 Å². The van der Waals surface area contributed by atoms with Crippen molar-refractivity contribution in [3.63, 3.8) is 0 Å². The zero-order valence-electron chi connectivity index (χ0n) is 17.9. The normalized spacial score (nSPS) is 16.1. The molecule has 0 aliphatic rings. The lowest BCUT2D eigenvalue weighted by Crippen LogP contribution is -2.49. The third-order valence-corrected chi connectivity index (χ3v) is 5.09. The lowest BCUT2D eigenvalue weighted by Gasteiger charge is -2.25. The second-order valence-corrected chi connectivity index (χ2v) is 7.79. The van der Waals surface area contributed by atoms with Crippen molar-refractivity contribution in [2.75, 3.05) is 32.8 Å². The van der Waals surface area contributed by atoms with E-state index in [1.165, 1.54) is 64.2 Å². The summed E-state index contributed by atoms with van der Waals surface area (Å²) in [5.41, 5.74) is 0. The maximum atomic E-state index is 9.77. The fourth-order valence-corrected chi connectivity index (χ4v) is 3.13. The number of aliphatic hydroxyl groups is 5. The van der Waals surface area contributed by atoms with Crippen LogP contribution in [0.5, 0.6) is 0 Å². The maximum absolute atomic E-state index is 9.77. The number of unbranched alkanes of at least 4 members (excludes halogenated alkanes) is 9. The molecule has 0 aromatic heterocycles. The smallest absolute Gasteiger partial charge is 0.111 e. The molecule has 7 N–H and O–H groups in total. The van der Waals surface area contributed by atoms with E-state index in [1.54, 1.807) is 0 Å². The molecule has 0 aromatic carbocycles. The van der Waals surface area contributed by atoms with Gasteiger partial charge in [0.15, 0.2) is 0 Å². The van der Waals surface area contributed by atoms with Crippen LogP contribution >= 0.6 is 0 Å². The van der Waals surface area contributed by atoms with Gasteiger partial charge in [0.25, 0.3) is 0 Å². The minimum atomic E-state index is -1.57. The van der Waals surface area contributed by atoms with Gasteiger partial charge in [-0.05, 0) is 32.5 Å². The van der Waals surface area contributed by atoms with Crippen molar-refractivity contribution in [2.24, 2.45) is 0 Å². The van der Waals surface area contributed by atoms with Gasteiger partial charge in [-0.25, -0.2) is 0 Å². The summed E-state index contributed by atoms with van der Waals surface area (Å²) in [5.74, 6) is 0. The van der Waals surface area contributed by atoms with Crippen LogP contribution in [0.15, 0.2) is 0 Å². The molecule has 0 saturated heterocycles. The van der Waals surface area contributed by atoms with Crippen molar-refractivity contribution < 1.29 is 25.5 Å². The Labute approximate surface area is 171 Å². The van der Waals surface area contributed by atoms with Crippen molar-refractivity contribution in [1.29, 1.82) is 0 Å². The van der Waals surface area contributed by atoms with Crippen LogP contribution in [0.4, 0.5) is 0 Å². The largest absolute Gasteiger partial charge is 0.394 e. The Hall–Kier alpha value is -0.280. The molecule has 0 fully saturated rings. The van der Waals surface area contributed by atoms with E-state index in [0.717, 1.165) is 19.5 Å². The lowest BCUT2D eigenvalue weighted by atomic mass is 10.0. The molecule has 4 atom stereocenters. The molecule has 0 rings (SSSR count). The topological polar surface area (TPSA) is 125 Å². The third kappa shape index (κ3) is 15.6. The molecule has 170 valence electrons. The zero-order valence-corrected chi connectivity index (χ0v) is 17.9. The Morgan fingerprint density at radius 2 is 1.04 bits per heavy atom. The molecule has 7 nitrogen and oxygen atoms in total. The quantitative estimate of drug-likeness (QED) is 0.141. The van der Waals surface area contributed by atoms with Gasteiger partial charge in [0, 0.05) is 6.54 Å². The summed E-state index contributed by atoms with van der Waals surface area (Å²) < 4.78 is 0. The van der Waals surface area contributed by atoms with Crippen LogP contribution in [0.3, 0.4) is 0 Å². The molecule has 0 aliphatic carbocycles. The predicted octanol–water partition coefficient (Wildman–Crippen LogP) is 0.913. The van der Waals surface area contributed by atoms with E-state index >= 15 is 0 Å². The molecule has 0 radical (unpaired) electrons. The molecule has 0 aromatic rings. The van der Waals surface area contributed by atoms with Crippen LogP contribution < -0.4 is 10.6 Å². The highest BCUT2D eigenvalue weighted by Crippen LogP contribution is 2.10. The van der Waals surface area contributed by atoms with Gasteiger partial charge in [0.05, 0.1) is 12.7 Å². The predicted molar refractivity (Wildman–Crippen MR) is 113 cm³/mol. The van der Waals surface area contributed by atoms with E-state index in [2.05, 4.69) is 17.6 Å².